The maximum Gasteiger partial charge on any atom is 0.214 e. The first-order valence-corrected chi connectivity index (χ1v) is 8.31. The van der Waals surface area contributed by atoms with Gasteiger partial charge in [-0.2, -0.15) is 0 Å². The Labute approximate surface area is 106 Å². The van der Waals surface area contributed by atoms with E-state index in [0.29, 0.717) is 32.0 Å². The van der Waals surface area contributed by atoms with Crippen molar-refractivity contribution in [1.29, 1.82) is 0 Å². The molecule has 17 heavy (non-hydrogen) atoms. The Hall–Kier alpha value is -0.430. The fourth-order valence-electron chi connectivity index (χ4n) is 2.06. The molecule has 1 aromatic heterocycles. The van der Waals surface area contributed by atoms with E-state index < -0.39 is 10.0 Å². The summed E-state index contributed by atoms with van der Waals surface area (Å²) in [6.45, 7) is 1.81. The summed E-state index contributed by atoms with van der Waals surface area (Å²) in [6.07, 6.45) is 1.51. The molecule has 0 radical (unpaired) electrons. The van der Waals surface area contributed by atoms with Crippen LogP contribution in [0.4, 0.5) is 0 Å². The van der Waals surface area contributed by atoms with Crippen LogP contribution in [0.25, 0.3) is 0 Å². The molecule has 1 unspecified atom stereocenters. The Balaban J connectivity index is 1.91. The van der Waals surface area contributed by atoms with Crippen LogP contribution in [-0.4, -0.2) is 38.1 Å². The molecule has 0 spiro atoms. The number of nitrogens with two attached hydrogens (primary N) is 1. The van der Waals surface area contributed by atoms with E-state index in [1.807, 2.05) is 17.5 Å². The Morgan fingerprint density at radius 1 is 1.53 bits per heavy atom. The van der Waals surface area contributed by atoms with Crippen molar-refractivity contribution >= 4 is 21.4 Å². The lowest BCUT2D eigenvalue weighted by Gasteiger charge is -2.15. The van der Waals surface area contributed by atoms with Crippen molar-refractivity contribution in [1.82, 2.24) is 4.31 Å². The van der Waals surface area contributed by atoms with Crippen LogP contribution in [0.5, 0.6) is 0 Å². The van der Waals surface area contributed by atoms with E-state index in [2.05, 4.69) is 0 Å². The summed E-state index contributed by atoms with van der Waals surface area (Å²) < 4.78 is 25.8. The van der Waals surface area contributed by atoms with E-state index in [1.165, 1.54) is 0 Å². The molecule has 0 aromatic carbocycles. The topological polar surface area (TPSA) is 63.4 Å². The van der Waals surface area contributed by atoms with Crippen molar-refractivity contribution in [2.24, 2.45) is 11.7 Å². The Kier molecular flexibility index (Phi) is 4.19. The van der Waals surface area contributed by atoms with Gasteiger partial charge in [0.2, 0.25) is 10.0 Å². The van der Waals surface area contributed by atoms with Crippen molar-refractivity contribution in [3.05, 3.63) is 22.4 Å². The highest BCUT2D eigenvalue weighted by Gasteiger charge is 2.30. The van der Waals surface area contributed by atoms with Crippen molar-refractivity contribution < 1.29 is 8.42 Å². The van der Waals surface area contributed by atoms with E-state index >= 15 is 0 Å². The largest absolute Gasteiger partial charge is 0.330 e. The molecule has 1 aliphatic heterocycles. The summed E-state index contributed by atoms with van der Waals surface area (Å²) in [5, 5.41) is 1.97. The van der Waals surface area contributed by atoms with Gasteiger partial charge in [-0.1, -0.05) is 6.07 Å². The number of aryl methyl sites for hydroxylation is 1. The lowest BCUT2D eigenvalue weighted by Crippen LogP contribution is -2.32. The molecule has 0 bridgehead atoms. The molecular weight excluding hydrogens is 256 g/mol. The quantitative estimate of drug-likeness (QED) is 0.867. The predicted molar refractivity (Wildman–Crippen MR) is 70.5 cm³/mol. The second-order valence-corrected chi connectivity index (χ2v) is 7.51. The average molecular weight is 274 g/mol. The van der Waals surface area contributed by atoms with Gasteiger partial charge in [0, 0.05) is 18.0 Å². The number of hydrogen-bond acceptors (Lipinski definition) is 4. The number of sulfonamides is 1. The highest BCUT2D eigenvalue weighted by atomic mass is 32.2. The first-order chi connectivity index (χ1) is 8.12. The van der Waals surface area contributed by atoms with E-state index in [0.717, 1.165) is 11.3 Å². The van der Waals surface area contributed by atoms with E-state index in [1.54, 1.807) is 15.6 Å². The highest BCUT2D eigenvalue weighted by Crippen LogP contribution is 2.20. The van der Waals surface area contributed by atoms with Gasteiger partial charge in [0.1, 0.15) is 0 Å². The average Bonchev–Trinajstić information content (AvgIpc) is 2.98. The zero-order valence-corrected chi connectivity index (χ0v) is 11.3. The molecule has 0 saturated carbocycles. The van der Waals surface area contributed by atoms with Gasteiger partial charge in [-0.05, 0) is 36.8 Å². The normalized spacial score (nSPS) is 22.1. The second-order valence-electron chi connectivity index (χ2n) is 4.39. The maximum atomic E-state index is 12.1. The summed E-state index contributed by atoms with van der Waals surface area (Å²) in [5.41, 5.74) is 5.57. The molecule has 2 N–H and O–H groups in total. The van der Waals surface area contributed by atoms with Crippen LogP contribution < -0.4 is 5.73 Å². The standard InChI is InChI=1S/C11H18N2O2S2/c12-8-10-3-5-13(9-10)17(14,15)7-4-11-2-1-6-16-11/h1-2,6,10H,3-5,7-9,12H2. The summed E-state index contributed by atoms with van der Waals surface area (Å²) in [5.74, 6) is 0.552. The SMILES string of the molecule is NCC1CCN(S(=O)(=O)CCc2cccs2)C1. The Morgan fingerprint density at radius 3 is 2.94 bits per heavy atom. The van der Waals surface area contributed by atoms with E-state index in [4.69, 9.17) is 5.73 Å². The fourth-order valence-corrected chi connectivity index (χ4v) is 4.45. The van der Waals surface area contributed by atoms with Gasteiger partial charge in [0.15, 0.2) is 0 Å². The van der Waals surface area contributed by atoms with E-state index in [9.17, 15) is 8.42 Å². The number of rotatable bonds is 5. The first-order valence-electron chi connectivity index (χ1n) is 5.82. The zero-order valence-electron chi connectivity index (χ0n) is 9.71. The van der Waals surface area contributed by atoms with Crippen LogP contribution in [0.2, 0.25) is 0 Å². The molecule has 1 saturated heterocycles. The van der Waals surface area contributed by atoms with Crippen LogP contribution in [0, 0.1) is 5.92 Å². The molecule has 1 atom stereocenters. The van der Waals surface area contributed by atoms with Crippen LogP contribution in [0.15, 0.2) is 17.5 Å². The Bertz CT molecular complexity index is 442. The van der Waals surface area contributed by atoms with Crippen molar-refractivity contribution in [2.75, 3.05) is 25.4 Å². The summed E-state index contributed by atoms with van der Waals surface area (Å²) in [4.78, 5) is 1.13. The summed E-state index contributed by atoms with van der Waals surface area (Å²) >= 11 is 1.61. The minimum Gasteiger partial charge on any atom is -0.330 e. The minimum atomic E-state index is -3.09. The molecule has 2 rings (SSSR count). The van der Waals surface area contributed by atoms with Crippen molar-refractivity contribution in [2.45, 2.75) is 12.8 Å². The lowest BCUT2D eigenvalue weighted by molar-refractivity contribution is 0.459. The lowest BCUT2D eigenvalue weighted by atomic mass is 10.1. The summed E-state index contributed by atoms with van der Waals surface area (Å²) in [6, 6.07) is 3.93. The second kappa shape index (κ2) is 5.48. The van der Waals surface area contributed by atoms with Crippen LogP contribution >= 0.6 is 11.3 Å². The Morgan fingerprint density at radius 2 is 2.35 bits per heavy atom. The summed E-state index contributed by atoms with van der Waals surface area (Å²) in [7, 11) is -3.09. The number of hydrogen-bond donors (Lipinski definition) is 1. The first kappa shape index (κ1) is 13.0. The third kappa shape index (κ3) is 3.28. The van der Waals surface area contributed by atoms with Crippen LogP contribution in [0.1, 0.15) is 11.3 Å². The van der Waals surface area contributed by atoms with Crippen molar-refractivity contribution in [3.63, 3.8) is 0 Å². The third-order valence-corrected chi connectivity index (χ3v) is 5.94. The highest BCUT2D eigenvalue weighted by molar-refractivity contribution is 7.89. The van der Waals surface area contributed by atoms with Gasteiger partial charge < -0.3 is 5.73 Å². The molecular formula is C11H18N2O2S2. The van der Waals surface area contributed by atoms with Gasteiger partial charge in [-0.25, -0.2) is 12.7 Å². The predicted octanol–water partition coefficient (Wildman–Crippen LogP) is 0.901. The zero-order chi connectivity index (χ0) is 12.3. The van der Waals surface area contributed by atoms with Gasteiger partial charge in [0.25, 0.3) is 0 Å². The third-order valence-electron chi connectivity index (χ3n) is 3.16. The molecule has 0 amide bonds. The molecule has 4 nitrogen and oxygen atoms in total. The molecule has 6 heteroatoms. The van der Waals surface area contributed by atoms with Crippen molar-refractivity contribution in [3.8, 4) is 0 Å². The molecule has 1 aliphatic rings. The number of nitrogens with zero attached hydrogens (tertiary/aromatic N) is 1. The minimum absolute atomic E-state index is 0.213. The van der Waals surface area contributed by atoms with Crippen LogP contribution in [0.3, 0.4) is 0 Å². The molecule has 1 aromatic rings. The van der Waals surface area contributed by atoms with Gasteiger partial charge in [-0.3, -0.25) is 0 Å². The number of thiophene rings is 1. The maximum absolute atomic E-state index is 12.1. The molecule has 96 valence electrons. The smallest absolute Gasteiger partial charge is 0.214 e. The molecule has 2 heterocycles. The van der Waals surface area contributed by atoms with Gasteiger partial charge >= 0.3 is 0 Å². The van der Waals surface area contributed by atoms with E-state index in [-0.39, 0.29) is 5.75 Å². The van der Waals surface area contributed by atoms with Gasteiger partial charge in [-0.15, -0.1) is 11.3 Å². The monoisotopic (exact) mass is 274 g/mol. The van der Waals surface area contributed by atoms with Gasteiger partial charge in [0.05, 0.1) is 5.75 Å². The molecule has 1 fully saturated rings. The van der Waals surface area contributed by atoms with Crippen LogP contribution in [-0.2, 0) is 16.4 Å². The molecule has 0 aliphatic carbocycles. The fraction of sp³-hybridized carbons (Fsp3) is 0.636.